The van der Waals surface area contributed by atoms with E-state index in [4.69, 9.17) is 4.98 Å². The zero-order chi connectivity index (χ0) is 21.8. The molecule has 4 nitrogen and oxygen atoms in total. The lowest BCUT2D eigenvalue weighted by molar-refractivity contribution is -0.115. The highest BCUT2D eigenvalue weighted by molar-refractivity contribution is 8.00. The molecule has 3 aromatic carbocycles. The van der Waals surface area contributed by atoms with E-state index in [1.807, 2.05) is 87.5 Å². The summed E-state index contributed by atoms with van der Waals surface area (Å²) >= 11 is 1.43. The number of hydrogen-bond acceptors (Lipinski definition) is 3. The number of H-pyrrole nitrogens is 1. The van der Waals surface area contributed by atoms with Crippen molar-refractivity contribution >= 4 is 23.4 Å². The minimum absolute atomic E-state index is 0.0439. The molecule has 156 valence electrons. The maximum Gasteiger partial charge on any atom is 0.237 e. The van der Waals surface area contributed by atoms with Gasteiger partial charge < -0.3 is 10.3 Å². The minimum atomic E-state index is -0.307. The number of aromatic amines is 1. The van der Waals surface area contributed by atoms with Gasteiger partial charge >= 0.3 is 0 Å². The van der Waals surface area contributed by atoms with Gasteiger partial charge in [0.05, 0.1) is 16.6 Å². The number of carbonyl (C=O) groups is 1. The standard InChI is InChI=1S/C26H25N3OS/c1-17-14-15-18(2)22(16-17)27-25(30)19(3)31-26-28-23(20-10-6-4-7-11-20)24(29-26)21-12-8-5-9-13-21/h4-16,19H,1-3H3,(H,27,30)(H,28,29). The average molecular weight is 428 g/mol. The lowest BCUT2D eigenvalue weighted by atomic mass is 10.1. The Balaban J connectivity index is 1.59. The molecule has 4 rings (SSSR count). The Morgan fingerprint density at radius 3 is 2.26 bits per heavy atom. The largest absolute Gasteiger partial charge is 0.332 e. The topological polar surface area (TPSA) is 57.8 Å². The van der Waals surface area contributed by atoms with Gasteiger partial charge in [-0.25, -0.2) is 4.98 Å². The van der Waals surface area contributed by atoms with E-state index < -0.39 is 0 Å². The summed E-state index contributed by atoms with van der Waals surface area (Å²) < 4.78 is 0. The maximum atomic E-state index is 12.8. The smallest absolute Gasteiger partial charge is 0.237 e. The third-order valence-corrected chi connectivity index (χ3v) is 6.08. The number of hydrogen-bond donors (Lipinski definition) is 2. The third kappa shape index (κ3) is 4.89. The summed E-state index contributed by atoms with van der Waals surface area (Å²) in [6.07, 6.45) is 0. The molecule has 1 heterocycles. The molecule has 1 aromatic heterocycles. The molecule has 1 amide bonds. The second kappa shape index (κ2) is 9.23. The van der Waals surface area contributed by atoms with Gasteiger partial charge in [0.1, 0.15) is 0 Å². The molecular weight excluding hydrogens is 402 g/mol. The van der Waals surface area contributed by atoms with E-state index in [9.17, 15) is 4.79 Å². The predicted molar refractivity (Wildman–Crippen MR) is 129 cm³/mol. The zero-order valence-corrected chi connectivity index (χ0v) is 18.7. The van der Waals surface area contributed by atoms with E-state index in [2.05, 4.69) is 22.4 Å². The van der Waals surface area contributed by atoms with Crippen molar-refractivity contribution in [2.45, 2.75) is 31.2 Å². The van der Waals surface area contributed by atoms with Crippen molar-refractivity contribution in [3.8, 4) is 22.5 Å². The molecule has 0 saturated carbocycles. The first-order valence-electron chi connectivity index (χ1n) is 10.3. The molecule has 0 aliphatic rings. The Bertz CT molecular complexity index is 1130. The van der Waals surface area contributed by atoms with Crippen molar-refractivity contribution in [1.29, 1.82) is 0 Å². The Morgan fingerprint density at radius 2 is 1.58 bits per heavy atom. The molecule has 0 aliphatic carbocycles. The van der Waals surface area contributed by atoms with Crippen LogP contribution in [0.4, 0.5) is 5.69 Å². The van der Waals surface area contributed by atoms with Crippen LogP contribution in [0.3, 0.4) is 0 Å². The first kappa shape index (κ1) is 20.9. The van der Waals surface area contributed by atoms with Gasteiger partial charge in [-0.05, 0) is 38.0 Å². The number of nitrogens with one attached hydrogen (secondary N) is 2. The van der Waals surface area contributed by atoms with Gasteiger partial charge in [-0.15, -0.1) is 0 Å². The van der Waals surface area contributed by atoms with Crippen LogP contribution < -0.4 is 5.32 Å². The second-order valence-electron chi connectivity index (χ2n) is 7.57. The molecule has 2 N–H and O–H groups in total. The van der Waals surface area contributed by atoms with E-state index in [-0.39, 0.29) is 11.2 Å². The molecule has 5 heteroatoms. The number of carbonyl (C=O) groups excluding carboxylic acids is 1. The van der Waals surface area contributed by atoms with Crippen molar-refractivity contribution in [2.24, 2.45) is 0 Å². The lowest BCUT2D eigenvalue weighted by Gasteiger charge is -2.13. The summed E-state index contributed by atoms with van der Waals surface area (Å²) in [7, 11) is 0. The van der Waals surface area contributed by atoms with Gasteiger partial charge in [0.15, 0.2) is 5.16 Å². The summed E-state index contributed by atoms with van der Waals surface area (Å²) in [6, 6.07) is 26.3. The van der Waals surface area contributed by atoms with Gasteiger partial charge in [0.25, 0.3) is 0 Å². The average Bonchev–Trinajstić information content (AvgIpc) is 3.21. The fraction of sp³-hybridized carbons (Fsp3) is 0.154. The van der Waals surface area contributed by atoms with E-state index in [1.165, 1.54) is 11.8 Å². The van der Waals surface area contributed by atoms with Crippen LogP contribution in [0, 0.1) is 13.8 Å². The molecule has 0 fully saturated rings. The Labute approximate surface area is 187 Å². The SMILES string of the molecule is Cc1ccc(C)c(NC(=O)C(C)Sc2nc(-c3ccccc3)c(-c3ccccc3)[nH]2)c1. The third-order valence-electron chi connectivity index (χ3n) is 5.10. The summed E-state index contributed by atoms with van der Waals surface area (Å²) in [4.78, 5) is 21.1. The number of benzene rings is 3. The molecule has 0 radical (unpaired) electrons. The van der Waals surface area contributed by atoms with Crippen LogP contribution in [0.5, 0.6) is 0 Å². The molecule has 0 aliphatic heterocycles. The first-order chi connectivity index (χ1) is 15.0. The van der Waals surface area contributed by atoms with Crippen LogP contribution in [0.15, 0.2) is 84.0 Å². The summed E-state index contributed by atoms with van der Waals surface area (Å²) in [6.45, 7) is 5.92. The highest BCUT2D eigenvalue weighted by Crippen LogP contribution is 2.34. The number of imidazole rings is 1. The predicted octanol–water partition coefficient (Wildman–Crippen LogP) is 6.48. The molecule has 1 atom stereocenters. The summed E-state index contributed by atoms with van der Waals surface area (Å²) in [5.41, 5.74) is 6.96. The monoisotopic (exact) mass is 427 g/mol. The van der Waals surface area contributed by atoms with E-state index in [0.717, 1.165) is 44.5 Å². The molecule has 0 saturated heterocycles. The fourth-order valence-electron chi connectivity index (χ4n) is 3.35. The van der Waals surface area contributed by atoms with Crippen molar-refractivity contribution in [3.05, 3.63) is 90.0 Å². The fourth-order valence-corrected chi connectivity index (χ4v) is 4.16. The quantitative estimate of drug-likeness (QED) is 0.346. The van der Waals surface area contributed by atoms with Gasteiger partial charge in [0.2, 0.25) is 5.91 Å². The first-order valence-corrected chi connectivity index (χ1v) is 11.1. The van der Waals surface area contributed by atoms with E-state index in [1.54, 1.807) is 0 Å². The normalized spacial score (nSPS) is 11.8. The number of nitrogens with zero attached hydrogens (tertiary/aromatic N) is 1. The van der Waals surface area contributed by atoms with Crippen LogP contribution in [0.2, 0.25) is 0 Å². The second-order valence-corrected chi connectivity index (χ2v) is 8.89. The van der Waals surface area contributed by atoms with Crippen LogP contribution in [0.25, 0.3) is 22.5 Å². The highest BCUT2D eigenvalue weighted by atomic mass is 32.2. The molecule has 1 unspecified atom stereocenters. The van der Waals surface area contributed by atoms with Crippen LogP contribution in [-0.2, 0) is 4.79 Å². The van der Waals surface area contributed by atoms with Gasteiger partial charge in [-0.2, -0.15) is 0 Å². The van der Waals surface area contributed by atoms with Crippen molar-refractivity contribution < 1.29 is 4.79 Å². The number of rotatable bonds is 6. The minimum Gasteiger partial charge on any atom is -0.332 e. The Hall–Kier alpha value is -3.31. The number of amides is 1. The molecule has 31 heavy (non-hydrogen) atoms. The summed E-state index contributed by atoms with van der Waals surface area (Å²) in [5.74, 6) is -0.0439. The van der Waals surface area contributed by atoms with Crippen LogP contribution in [-0.4, -0.2) is 21.1 Å². The lowest BCUT2D eigenvalue weighted by Crippen LogP contribution is -2.23. The number of aryl methyl sites for hydroxylation is 2. The van der Waals surface area contributed by atoms with E-state index in [0.29, 0.717) is 0 Å². The summed E-state index contributed by atoms with van der Waals surface area (Å²) in [5, 5.41) is 3.47. The van der Waals surface area contributed by atoms with Crippen LogP contribution in [0.1, 0.15) is 18.1 Å². The van der Waals surface area contributed by atoms with Crippen LogP contribution >= 0.6 is 11.8 Å². The molecule has 0 spiro atoms. The number of anilines is 1. The molecular formula is C26H25N3OS. The van der Waals surface area contributed by atoms with Crippen molar-refractivity contribution in [2.75, 3.05) is 5.32 Å². The number of aromatic nitrogens is 2. The zero-order valence-electron chi connectivity index (χ0n) is 17.8. The molecule has 4 aromatic rings. The van der Waals surface area contributed by atoms with Gasteiger partial charge in [0, 0.05) is 16.8 Å². The van der Waals surface area contributed by atoms with Gasteiger partial charge in [-0.3, -0.25) is 4.79 Å². The van der Waals surface area contributed by atoms with Gasteiger partial charge in [-0.1, -0.05) is 84.6 Å². The molecule has 0 bridgehead atoms. The Kier molecular flexibility index (Phi) is 6.23. The van der Waals surface area contributed by atoms with Crippen molar-refractivity contribution in [3.63, 3.8) is 0 Å². The highest BCUT2D eigenvalue weighted by Gasteiger charge is 2.20. The number of thioether (sulfide) groups is 1. The Morgan fingerprint density at radius 1 is 0.935 bits per heavy atom. The van der Waals surface area contributed by atoms with Crippen molar-refractivity contribution in [1.82, 2.24) is 9.97 Å². The van der Waals surface area contributed by atoms with E-state index >= 15 is 0 Å². The maximum absolute atomic E-state index is 12.8.